The van der Waals surface area contributed by atoms with E-state index < -0.39 is 6.04 Å². The summed E-state index contributed by atoms with van der Waals surface area (Å²) in [7, 11) is 1.61. The average Bonchev–Trinajstić information content (AvgIpc) is 2.66. The molecule has 3 aromatic rings. The Bertz CT molecular complexity index is 916. The zero-order valence-electron chi connectivity index (χ0n) is 15.2. The zero-order chi connectivity index (χ0) is 18.7. The van der Waals surface area contributed by atoms with E-state index in [0.717, 1.165) is 22.1 Å². The van der Waals surface area contributed by atoms with Gasteiger partial charge in [-0.15, -0.1) is 0 Å². The summed E-state index contributed by atoms with van der Waals surface area (Å²) in [5, 5.41) is 15.6. The van der Waals surface area contributed by atoms with Crippen molar-refractivity contribution in [1.82, 2.24) is 5.32 Å². The monoisotopic (exact) mass is 349 g/mol. The minimum atomic E-state index is -0.457. The van der Waals surface area contributed by atoms with Gasteiger partial charge in [0, 0.05) is 11.5 Å². The highest BCUT2D eigenvalue weighted by Gasteiger charge is 2.23. The van der Waals surface area contributed by atoms with Gasteiger partial charge in [-0.2, -0.15) is 0 Å². The number of amides is 1. The summed E-state index contributed by atoms with van der Waals surface area (Å²) in [6, 6.07) is 18.5. The SMILES string of the molecule is COc1ccc([C@H](NC(=O)C(C)C)c2c(O)ccc3ccccc23)cc1. The van der Waals surface area contributed by atoms with Crippen molar-refractivity contribution in [1.29, 1.82) is 0 Å². The summed E-state index contributed by atoms with van der Waals surface area (Å²) in [6.45, 7) is 3.70. The largest absolute Gasteiger partial charge is 0.508 e. The summed E-state index contributed by atoms with van der Waals surface area (Å²) in [6.07, 6.45) is 0. The Labute approximate surface area is 153 Å². The van der Waals surface area contributed by atoms with Crippen LogP contribution in [0.25, 0.3) is 10.8 Å². The molecule has 0 fully saturated rings. The molecule has 0 saturated heterocycles. The smallest absolute Gasteiger partial charge is 0.223 e. The standard InChI is InChI=1S/C22H23NO3/c1-14(2)22(25)23-21(16-8-11-17(26-3)12-9-16)20-18-7-5-4-6-15(18)10-13-19(20)24/h4-14,21,24H,1-3H3,(H,23,25)/t21-/m0/s1. The number of phenolic OH excluding ortho intramolecular Hbond substituents is 1. The number of phenols is 1. The number of ether oxygens (including phenoxy) is 1. The Morgan fingerprint density at radius 1 is 1.00 bits per heavy atom. The first-order chi connectivity index (χ1) is 12.5. The summed E-state index contributed by atoms with van der Waals surface area (Å²) >= 11 is 0. The molecule has 0 aromatic heterocycles. The lowest BCUT2D eigenvalue weighted by Crippen LogP contribution is -2.32. The van der Waals surface area contributed by atoms with Crippen molar-refractivity contribution in [2.24, 2.45) is 5.92 Å². The summed E-state index contributed by atoms with van der Waals surface area (Å²) in [5.41, 5.74) is 1.58. The van der Waals surface area contributed by atoms with E-state index in [1.165, 1.54) is 0 Å². The highest BCUT2D eigenvalue weighted by atomic mass is 16.5. The number of aromatic hydroxyl groups is 1. The van der Waals surface area contributed by atoms with Crippen molar-refractivity contribution >= 4 is 16.7 Å². The van der Waals surface area contributed by atoms with Gasteiger partial charge < -0.3 is 15.2 Å². The van der Waals surface area contributed by atoms with Crippen molar-refractivity contribution in [2.45, 2.75) is 19.9 Å². The van der Waals surface area contributed by atoms with Gasteiger partial charge in [-0.25, -0.2) is 0 Å². The van der Waals surface area contributed by atoms with E-state index in [9.17, 15) is 9.90 Å². The Morgan fingerprint density at radius 3 is 2.35 bits per heavy atom. The van der Waals surface area contributed by atoms with Crippen LogP contribution in [0.4, 0.5) is 0 Å². The quantitative estimate of drug-likeness (QED) is 0.717. The molecular weight excluding hydrogens is 326 g/mol. The third-order valence-electron chi connectivity index (χ3n) is 4.50. The van der Waals surface area contributed by atoms with E-state index in [-0.39, 0.29) is 17.6 Å². The molecular formula is C22H23NO3. The van der Waals surface area contributed by atoms with Crippen LogP contribution in [0.5, 0.6) is 11.5 Å². The van der Waals surface area contributed by atoms with Crippen LogP contribution in [-0.2, 0) is 4.79 Å². The zero-order valence-corrected chi connectivity index (χ0v) is 15.2. The normalized spacial score (nSPS) is 12.2. The maximum atomic E-state index is 12.5. The van der Waals surface area contributed by atoms with E-state index in [1.54, 1.807) is 13.2 Å². The molecule has 134 valence electrons. The second-order valence-corrected chi connectivity index (χ2v) is 6.59. The molecule has 4 nitrogen and oxygen atoms in total. The summed E-state index contributed by atoms with van der Waals surface area (Å²) in [5.74, 6) is 0.671. The second kappa shape index (κ2) is 7.48. The lowest BCUT2D eigenvalue weighted by atomic mass is 9.92. The maximum Gasteiger partial charge on any atom is 0.223 e. The fourth-order valence-corrected chi connectivity index (χ4v) is 3.01. The van der Waals surface area contributed by atoms with Gasteiger partial charge in [-0.05, 0) is 34.5 Å². The molecule has 3 aromatic carbocycles. The molecule has 2 N–H and O–H groups in total. The molecule has 0 radical (unpaired) electrons. The van der Waals surface area contributed by atoms with Crippen LogP contribution in [0.3, 0.4) is 0 Å². The molecule has 0 bridgehead atoms. The van der Waals surface area contributed by atoms with Crippen LogP contribution >= 0.6 is 0 Å². The van der Waals surface area contributed by atoms with Crippen molar-refractivity contribution in [3.05, 3.63) is 71.8 Å². The molecule has 0 aliphatic carbocycles. The topological polar surface area (TPSA) is 58.6 Å². The third-order valence-corrected chi connectivity index (χ3v) is 4.50. The van der Waals surface area contributed by atoms with Crippen LogP contribution in [0.2, 0.25) is 0 Å². The average molecular weight is 349 g/mol. The molecule has 1 atom stereocenters. The molecule has 0 heterocycles. The van der Waals surface area contributed by atoms with E-state index in [1.807, 2.05) is 68.4 Å². The third kappa shape index (κ3) is 3.49. The summed E-state index contributed by atoms with van der Waals surface area (Å²) < 4.78 is 5.23. The van der Waals surface area contributed by atoms with Crippen LogP contribution in [0.15, 0.2) is 60.7 Å². The van der Waals surface area contributed by atoms with Gasteiger partial charge in [0.15, 0.2) is 0 Å². The molecule has 4 heteroatoms. The van der Waals surface area contributed by atoms with Gasteiger partial charge >= 0.3 is 0 Å². The fourth-order valence-electron chi connectivity index (χ4n) is 3.01. The van der Waals surface area contributed by atoms with E-state index in [2.05, 4.69) is 5.32 Å². The lowest BCUT2D eigenvalue weighted by Gasteiger charge is -2.23. The highest BCUT2D eigenvalue weighted by molar-refractivity contribution is 5.89. The van der Waals surface area contributed by atoms with E-state index in [0.29, 0.717) is 5.56 Å². The Kier molecular flexibility index (Phi) is 5.12. The first kappa shape index (κ1) is 17.8. The minimum Gasteiger partial charge on any atom is -0.508 e. The van der Waals surface area contributed by atoms with Crippen molar-refractivity contribution in [3.8, 4) is 11.5 Å². The maximum absolute atomic E-state index is 12.5. The molecule has 26 heavy (non-hydrogen) atoms. The number of hydrogen-bond donors (Lipinski definition) is 2. The van der Waals surface area contributed by atoms with Gasteiger partial charge in [-0.1, -0.05) is 56.3 Å². The molecule has 3 rings (SSSR count). The van der Waals surface area contributed by atoms with Crippen molar-refractivity contribution in [3.63, 3.8) is 0 Å². The van der Waals surface area contributed by atoms with Crippen LogP contribution < -0.4 is 10.1 Å². The van der Waals surface area contributed by atoms with Crippen LogP contribution in [0, 0.1) is 5.92 Å². The predicted octanol–water partition coefficient (Wildman–Crippen LogP) is 4.42. The molecule has 0 saturated carbocycles. The number of methoxy groups -OCH3 is 1. The Hall–Kier alpha value is -3.01. The first-order valence-electron chi connectivity index (χ1n) is 8.66. The van der Waals surface area contributed by atoms with Crippen molar-refractivity contribution < 1.29 is 14.6 Å². The molecule has 1 amide bonds. The Balaban J connectivity index is 2.17. The van der Waals surface area contributed by atoms with Gasteiger partial charge in [0.05, 0.1) is 13.2 Å². The number of hydrogen-bond acceptors (Lipinski definition) is 3. The van der Waals surface area contributed by atoms with Gasteiger partial charge in [0.2, 0.25) is 5.91 Å². The van der Waals surface area contributed by atoms with Gasteiger partial charge in [-0.3, -0.25) is 4.79 Å². The lowest BCUT2D eigenvalue weighted by molar-refractivity contribution is -0.124. The predicted molar refractivity (Wildman–Crippen MR) is 103 cm³/mol. The summed E-state index contributed by atoms with van der Waals surface area (Å²) in [4.78, 5) is 12.5. The van der Waals surface area contributed by atoms with E-state index >= 15 is 0 Å². The van der Waals surface area contributed by atoms with Gasteiger partial charge in [0.1, 0.15) is 11.5 Å². The van der Waals surface area contributed by atoms with Crippen LogP contribution in [-0.4, -0.2) is 18.1 Å². The highest BCUT2D eigenvalue weighted by Crippen LogP contribution is 2.36. The molecule has 0 aliphatic heterocycles. The number of rotatable bonds is 5. The molecule has 0 unspecified atom stereocenters. The number of fused-ring (bicyclic) bond motifs is 1. The van der Waals surface area contributed by atoms with Crippen molar-refractivity contribution in [2.75, 3.05) is 7.11 Å². The first-order valence-corrected chi connectivity index (χ1v) is 8.66. The second-order valence-electron chi connectivity index (χ2n) is 6.59. The minimum absolute atomic E-state index is 0.0712. The van der Waals surface area contributed by atoms with E-state index in [4.69, 9.17) is 4.74 Å². The van der Waals surface area contributed by atoms with Crippen LogP contribution in [0.1, 0.15) is 31.0 Å². The number of nitrogens with one attached hydrogen (secondary N) is 1. The fraction of sp³-hybridized carbons (Fsp3) is 0.227. The van der Waals surface area contributed by atoms with Gasteiger partial charge in [0.25, 0.3) is 0 Å². The number of carbonyl (C=O) groups is 1. The number of benzene rings is 3. The molecule has 0 spiro atoms. The molecule has 0 aliphatic rings. The number of carbonyl (C=O) groups excluding carboxylic acids is 1. The Morgan fingerprint density at radius 2 is 1.69 bits per heavy atom.